The first-order valence-corrected chi connectivity index (χ1v) is 7.16. The minimum atomic E-state index is -0.552. The fourth-order valence-electron chi connectivity index (χ4n) is 2.27. The Morgan fingerprint density at radius 1 is 0.833 bits per heavy atom. The van der Waals surface area contributed by atoms with Crippen LogP contribution in [0.4, 0.5) is 0 Å². The van der Waals surface area contributed by atoms with Crippen LogP contribution in [-0.4, -0.2) is 38.0 Å². The van der Waals surface area contributed by atoms with Gasteiger partial charge < -0.3 is 19.3 Å². The Balaban J connectivity index is 2.27. The van der Waals surface area contributed by atoms with Crippen molar-refractivity contribution in [1.29, 1.82) is 0 Å². The molecule has 6 heteroatoms. The molecular formula is C18H18O6. The van der Waals surface area contributed by atoms with Crippen LogP contribution in [0.25, 0.3) is 0 Å². The van der Waals surface area contributed by atoms with Crippen LogP contribution in [0, 0.1) is 0 Å². The highest BCUT2D eigenvalue weighted by molar-refractivity contribution is 6.15. The molecule has 126 valence electrons. The topological polar surface area (TPSA) is 82.1 Å². The fraction of sp³-hybridized carbons (Fsp3) is 0.222. The van der Waals surface area contributed by atoms with E-state index in [9.17, 15) is 14.7 Å². The zero-order valence-corrected chi connectivity index (χ0v) is 13.7. The summed E-state index contributed by atoms with van der Waals surface area (Å²) in [5.74, 6) is -0.331. The Morgan fingerprint density at radius 2 is 1.42 bits per heavy atom. The predicted molar refractivity (Wildman–Crippen MR) is 87.5 cm³/mol. The largest absolute Gasteiger partial charge is 0.504 e. The lowest BCUT2D eigenvalue weighted by atomic mass is 9.99. The van der Waals surface area contributed by atoms with Crippen LogP contribution in [0.3, 0.4) is 0 Å². The number of ether oxygens (including phenoxy) is 3. The predicted octanol–water partition coefficient (Wildman–Crippen LogP) is 2.87. The number of hydrogen-bond acceptors (Lipinski definition) is 6. The highest BCUT2D eigenvalue weighted by Crippen LogP contribution is 2.37. The fourth-order valence-corrected chi connectivity index (χ4v) is 2.27. The van der Waals surface area contributed by atoms with Gasteiger partial charge in [-0.3, -0.25) is 9.59 Å². The molecule has 24 heavy (non-hydrogen) atoms. The van der Waals surface area contributed by atoms with E-state index < -0.39 is 12.2 Å². The summed E-state index contributed by atoms with van der Waals surface area (Å²) >= 11 is 0. The maximum Gasteiger partial charge on any atom is 0.178 e. The van der Waals surface area contributed by atoms with Crippen molar-refractivity contribution in [2.24, 2.45) is 0 Å². The van der Waals surface area contributed by atoms with Crippen LogP contribution in [-0.2, 0) is 0 Å². The summed E-state index contributed by atoms with van der Waals surface area (Å²) in [6.45, 7) is 0. The summed E-state index contributed by atoms with van der Waals surface area (Å²) in [6.07, 6.45) is -0.399. The second-order valence-corrected chi connectivity index (χ2v) is 4.95. The lowest BCUT2D eigenvalue weighted by molar-refractivity contribution is 0.0891. The Bertz CT molecular complexity index is 749. The molecule has 0 amide bonds. The maximum atomic E-state index is 12.5. The van der Waals surface area contributed by atoms with E-state index in [0.29, 0.717) is 11.3 Å². The molecule has 2 aromatic carbocycles. The van der Waals surface area contributed by atoms with Crippen molar-refractivity contribution in [3.05, 3.63) is 47.5 Å². The third kappa shape index (κ3) is 3.48. The third-order valence-corrected chi connectivity index (χ3v) is 3.55. The van der Waals surface area contributed by atoms with Gasteiger partial charge in [-0.05, 0) is 36.4 Å². The molecule has 0 fully saturated rings. The van der Waals surface area contributed by atoms with E-state index in [0.717, 1.165) is 0 Å². The molecule has 0 bridgehead atoms. The molecule has 1 N–H and O–H groups in total. The number of benzene rings is 2. The molecule has 0 unspecified atom stereocenters. The molecule has 0 saturated carbocycles. The molecule has 0 heterocycles. The Kier molecular flexibility index (Phi) is 5.42. The number of rotatable bonds is 7. The smallest absolute Gasteiger partial charge is 0.178 e. The van der Waals surface area contributed by atoms with Gasteiger partial charge in [0.2, 0.25) is 0 Å². The number of carbonyl (C=O) groups is 2. The van der Waals surface area contributed by atoms with E-state index in [1.54, 1.807) is 24.3 Å². The number of carbonyl (C=O) groups excluding carboxylic acids is 2. The van der Waals surface area contributed by atoms with Crippen LogP contribution in [0.2, 0.25) is 0 Å². The minimum Gasteiger partial charge on any atom is -0.504 e. The van der Waals surface area contributed by atoms with Crippen LogP contribution >= 0.6 is 0 Å². The normalized spacial score (nSPS) is 10.1. The second kappa shape index (κ2) is 7.50. The van der Waals surface area contributed by atoms with Crippen molar-refractivity contribution in [2.45, 2.75) is 6.42 Å². The molecule has 0 aliphatic rings. The average Bonchev–Trinajstić information content (AvgIpc) is 2.61. The molecule has 2 aromatic rings. The van der Waals surface area contributed by atoms with Gasteiger partial charge in [0.15, 0.2) is 23.1 Å². The van der Waals surface area contributed by atoms with Gasteiger partial charge in [0.1, 0.15) is 17.1 Å². The van der Waals surface area contributed by atoms with E-state index in [1.165, 1.54) is 33.5 Å². The molecule has 0 spiro atoms. The van der Waals surface area contributed by atoms with E-state index in [1.807, 2.05) is 0 Å². The molecule has 0 aliphatic carbocycles. The van der Waals surface area contributed by atoms with Gasteiger partial charge in [-0.25, -0.2) is 0 Å². The van der Waals surface area contributed by atoms with E-state index in [-0.39, 0.29) is 28.6 Å². The van der Waals surface area contributed by atoms with Gasteiger partial charge >= 0.3 is 0 Å². The first kappa shape index (κ1) is 17.3. The monoisotopic (exact) mass is 330 g/mol. The van der Waals surface area contributed by atoms with Crippen LogP contribution < -0.4 is 14.2 Å². The van der Waals surface area contributed by atoms with Crippen LogP contribution in [0.1, 0.15) is 27.1 Å². The van der Waals surface area contributed by atoms with E-state index in [2.05, 4.69) is 0 Å². The summed E-state index contributed by atoms with van der Waals surface area (Å²) in [5.41, 5.74) is 0.309. The number of ketones is 2. The van der Waals surface area contributed by atoms with Crippen molar-refractivity contribution in [3.63, 3.8) is 0 Å². The summed E-state index contributed by atoms with van der Waals surface area (Å²) in [7, 11) is 4.28. The Labute approximate surface area is 139 Å². The van der Waals surface area contributed by atoms with Crippen molar-refractivity contribution < 1.29 is 28.9 Å². The maximum absolute atomic E-state index is 12.5. The second-order valence-electron chi connectivity index (χ2n) is 4.95. The lowest BCUT2D eigenvalue weighted by Crippen LogP contribution is -2.10. The first-order chi connectivity index (χ1) is 11.5. The van der Waals surface area contributed by atoms with Crippen molar-refractivity contribution in [1.82, 2.24) is 0 Å². The van der Waals surface area contributed by atoms with Crippen molar-refractivity contribution >= 4 is 11.6 Å². The van der Waals surface area contributed by atoms with Crippen LogP contribution in [0.15, 0.2) is 36.4 Å². The average molecular weight is 330 g/mol. The molecule has 0 radical (unpaired) electrons. The Morgan fingerprint density at radius 3 is 1.96 bits per heavy atom. The summed E-state index contributed by atoms with van der Waals surface area (Å²) in [4.78, 5) is 24.8. The van der Waals surface area contributed by atoms with Gasteiger partial charge in [-0.15, -0.1) is 0 Å². The SMILES string of the molecule is COc1ccc(C(=O)CC(=O)c2c(OC)ccc(OC)c2O)cc1. The molecule has 0 aromatic heterocycles. The summed E-state index contributed by atoms with van der Waals surface area (Å²) < 4.78 is 15.1. The number of Topliss-reactive ketones (excluding diaryl/α,β-unsaturated/α-hetero) is 2. The standard InChI is InChI=1S/C18H18O6/c1-22-12-6-4-11(5-7-12)13(19)10-14(20)17-15(23-2)8-9-16(24-3)18(17)21/h4-9,21H,10H2,1-3H3. The van der Waals surface area contributed by atoms with Gasteiger partial charge in [0.05, 0.1) is 27.8 Å². The van der Waals surface area contributed by atoms with Crippen molar-refractivity contribution in [3.8, 4) is 23.0 Å². The molecule has 0 saturated heterocycles. The van der Waals surface area contributed by atoms with E-state index in [4.69, 9.17) is 14.2 Å². The summed E-state index contributed by atoms with van der Waals surface area (Å²) in [6, 6.07) is 9.43. The van der Waals surface area contributed by atoms with Gasteiger partial charge in [-0.2, -0.15) is 0 Å². The quantitative estimate of drug-likeness (QED) is 0.621. The number of aromatic hydroxyl groups is 1. The van der Waals surface area contributed by atoms with Gasteiger partial charge in [-0.1, -0.05) is 0 Å². The molecule has 0 atom stereocenters. The number of hydrogen-bond donors (Lipinski definition) is 1. The van der Waals surface area contributed by atoms with E-state index >= 15 is 0 Å². The van der Waals surface area contributed by atoms with Crippen LogP contribution in [0.5, 0.6) is 23.0 Å². The third-order valence-electron chi connectivity index (χ3n) is 3.55. The highest BCUT2D eigenvalue weighted by atomic mass is 16.5. The molecule has 2 rings (SSSR count). The lowest BCUT2D eigenvalue weighted by Gasteiger charge is -2.12. The molecular weight excluding hydrogens is 312 g/mol. The first-order valence-electron chi connectivity index (χ1n) is 7.16. The zero-order chi connectivity index (χ0) is 17.7. The van der Waals surface area contributed by atoms with Gasteiger partial charge in [0.25, 0.3) is 0 Å². The zero-order valence-electron chi connectivity index (χ0n) is 13.7. The highest BCUT2D eigenvalue weighted by Gasteiger charge is 2.23. The minimum absolute atomic E-state index is 0.0706. The molecule has 6 nitrogen and oxygen atoms in total. The van der Waals surface area contributed by atoms with Gasteiger partial charge in [0, 0.05) is 5.56 Å². The molecule has 0 aliphatic heterocycles. The number of phenolic OH excluding ortho intramolecular Hbond substituents is 1. The Hall–Kier alpha value is -3.02. The number of methoxy groups -OCH3 is 3. The van der Waals surface area contributed by atoms with Crippen molar-refractivity contribution in [2.75, 3.05) is 21.3 Å². The number of phenols is 1. The summed E-state index contributed by atoms with van der Waals surface area (Å²) in [5, 5.41) is 10.2.